The van der Waals surface area contributed by atoms with E-state index in [4.69, 9.17) is 14.4 Å². The summed E-state index contributed by atoms with van der Waals surface area (Å²) in [7, 11) is 1.45. The van der Waals surface area contributed by atoms with Gasteiger partial charge in [0.15, 0.2) is 5.75 Å². The summed E-state index contributed by atoms with van der Waals surface area (Å²) in [6.07, 6.45) is -0.410. The molecule has 230 valence electrons. The van der Waals surface area contributed by atoms with E-state index in [0.717, 1.165) is 30.8 Å². The fraction of sp³-hybridized carbons (Fsp3) is 0.429. The van der Waals surface area contributed by atoms with Gasteiger partial charge in [-0.2, -0.15) is 22.0 Å². The van der Waals surface area contributed by atoms with Crippen molar-refractivity contribution in [2.24, 2.45) is 5.92 Å². The number of hydroxylamine groups is 4. The predicted octanol–water partition coefficient (Wildman–Crippen LogP) is 5.08. The molecule has 1 aliphatic heterocycles. The lowest BCUT2D eigenvalue weighted by atomic mass is 9.92. The summed E-state index contributed by atoms with van der Waals surface area (Å²) >= 11 is 0. The molecule has 43 heavy (non-hydrogen) atoms. The first-order valence-corrected chi connectivity index (χ1v) is 13.4. The van der Waals surface area contributed by atoms with E-state index < -0.39 is 23.9 Å². The molecule has 1 saturated heterocycles. The molecule has 3 aromatic rings. The smallest absolute Gasteiger partial charge is 0.461 e. The molecule has 1 atom stereocenters. The van der Waals surface area contributed by atoms with E-state index in [0.29, 0.717) is 49.3 Å². The number of benzene rings is 1. The Balaban J connectivity index is 1.24. The molecule has 2 aliphatic rings. The third-order valence-electron chi connectivity index (χ3n) is 7.21. The normalized spacial score (nSPS) is 17.3. The van der Waals surface area contributed by atoms with Crippen molar-refractivity contribution in [3.8, 4) is 28.5 Å². The molecule has 3 heterocycles. The summed E-state index contributed by atoms with van der Waals surface area (Å²) in [6.45, 7) is 1.59. The molecule has 5 rings (SSSR count). The molecule has 10 nitrogen and oxygen atoms in total. The van der Waals surface area contributed by atoms with E-state index in [-0.39, 0.29) is 23.7 Å². The Bertz CT molecular complexity index is 1430. The Kier molecular flexibility index (Phi) is 8.64. The summed E-state index contributed by atoms with van der Waals surface area (Å²) < 4.78 is 70.7. The van der Waals surface area contributed by atoms with E-state index in [2.05, 4.69) is 15.0 Å². The summed E-state index contributed by atoms with van der Waals surface area (Å²) in [5.74, 6) is -6.39. The number of nitrogens with zero attached hydrogens (tertiary/aromatic N) is 5. The Morgan fingerprint density at radius 1 is 0.977 bits per heavy atom. The van der Waals surface area contributed by atoms with Crippen LogP contribution in [0.2, 0.25) is 0 Å². The van der Waals surface area contributed by atoms with Gasteiger partial charge in [0.1, 0.15) is 5.75 Å². The third kappa shape index (κ3) is 7.10. The van der Waals surface area contributed by atoms with E-state index >= 15 is 0 Å². The second-order valence-electron chi connectivity index (χ2n) is 10.2. The van der Waals surface area contributed by atoms with Crippen LogP contribution in [0.25, 0.3) is 11.1 Å². The summed E-state index contributed by atoms with van der Waals surface area (Å²) in [4.78, 5) is 34.2. The zero-order valence-electron chi connectivity index (χ0n) is 22.9. The standard InChI is InChI=1S/C28H28F5N5O5/c1-41-20-4-5-21(19-15-35-26(36-16-19)27(29,30)28(31,32)33)23(13-20)42-37-8-10-38(11-9-37)43-24-12-18(6-7-34-24)22(14-25(39)40)17-2-3-17/h4-7,12-13,15-17,22H,2-3,8-11,14H2,1H3,(H,39,40). The van der Waals surface area contributed by atoms with Crippen molar-refractivity contribution in [1.29, 1.82) is 0 Å². The average molecular weight is 610 g/mol. The maximum absolute atomic E-state index is 13.7. The van der Waals surface area contributed by atoms with Crippen molar-refractivity contribution in [3.63, 3.8) is 0 Å². The van der Waals surface area contributed by atoms with Crippen LogP contribution in [0.15, 0.2) is 48.9 Å². The number of carboxylic acid groups (broad SMARTS) is 1. The Hall–Kier alpha value is -4.11. The van der Waals surface area contributed by atoms with Gasteiger partial charge in [-0.05, 0) is 48.4 Å². The van der Waals surface area contributed by atoms with Gasteiger partial charge in [-0.15, -0.1) is 10.1 Å². The second kappa shape index (κ2) is 12.2. The lowest BCUT2D eigenvalue weighted by Gasteiger charge is -2.33. The summed E-state index contributed by atoms with van der Waals surface area (Å²) in [6, 6.07) is 8.29. The molecule has 0 amide bonds. The van der Waals surface area contributed by atoms with Crippen LogP contribution in [0.1, 0.15) is 36.6 Å². The number of pyridine rings is 1. The number of piperazine rings is 1. The number of halogens is 5. The number of hydrogen-bond donors (Lipinski definition) is 1. The lowest BCUT2D eigenvalue weighted by molar-refractivity contribution is -0.292. The van der Waals surface area contributed by atoms with Crippen molar-refractivity contribution < 1.29 is 46.3 Å². The third-order valence-corrected chi connectivity index (χ3v) is 7.21. The van der Waals surface area contributed by atoms with Gasteiger partial charge in [-0.3, -0.25) is 4.79 Å². The number of hydrogen-bond acceptors (Lipinski definition) is 9. The Labute approximate surface area is 242 Å². The largest absolute Gasteiger partial charge is 0.497 e. The molecule has 2 fully saturated rings. The summed E-state index contributed by atoms with van der Waals surface area (Å²) in [5.41, 5.74) is 1.40. The van der Waals surface area contributed by atoms with Gasteiger partial charge >= 0.3 is 18.1 Å². The van der Waals surface area contributed by atoms with Gasteiger partial charge in [-0.1, -0.05) is 0 Å². The highest BCUT2D eigenvalue weighted by molar-refractivity contribution is 5.70. The highest BCUT2D eigenvalue weighted by atomic mass is 19.4. The minimum Gasteiger partial charge on any atom is -0.497 e. The molecule has 1 N–H and O–H groups in total. The van der Waals surface area contributed by atoms with Crippen LogP contribution in [0.4, 0.5) is 22.0 Å². The van der Waals surface area contributed by atoms with Gasteiger partial charge in [0.2, 0.25) is 11.7 Å². The number of ether oxygens (including phenoxy) is 1. The molecular formula is C28H28F5N5O5. The molecule has 1 aliphatic carbocycles. The molecule has 0 radical (unpaired) electrons. The number of methoxy groups -OCH3 is 1. The molecule has 1 aromatic carbocycles. The van der Waals surface area contributed by atoms with Crippen LogP contribution in [0.5, 0.6) is 17.4 Å². The first kappa shape index (κ1) is 30.4. The molecule has 1 saturated carbocycles. The Morgan fingerprint density at radius 2 is 1.63 bits per heavy atom. The molecule has 0 spiro atoms. The van der Waals surface area contributed by atoms with Gasteiger partial charge < -0.3 is 19.5 Å². The van der Waals surface area contributed by atoms with Crippen LogP contribution in [-0.2, 0) is 10.7 Å². The average Bonchev–Trinajstić information content (AvgIpc) is 3.82. The molecule has 1 unspecified atom stereocenters. The Morgan fingerprint density at radius 3 is 2.21 bits per heavy atom. The van der Waals surface area contributed by atoms with Crippen LogP contribution in [0, 0.1) is 5.92 Å². The van der Waals surface area contributed by atoms with E-state index in [1.165, 1.54) is 7.11 Å². The molecule has 0 bridgehead atoms. The number of aromatic nitrogens is 3. The molecular weight excluding hydrogens is 581 g/mol. The van der Waals surface area contributed by atoms with E-state index in [9.17, 15) is 31.9 Å². The number of rotatable bonds is 11. The van der Waals surface area contributed by atoms with Gasteiger partial charge in [0.25, 0.3) is 0 Å². The quantitative estimate of drug-likeness (QED) is 0.296. The predicted molar refractivity (Wildman–Crippen MR) is 140 cm³/mol. The van der Waals surface area contributed by atoms with Crippen molar-refractivity contribution in [2.45, 2.75) is 37.3 Å². The fourth-order valence-corrected chi connectivity index (χ4v) is 4.77. The number of aliphatic carboxylic acids is 1. The van der Waals surface area contributed by atoms with Gasteiger partial charge in [0.05, 0.1) is 39.7 Å². The van der Waals surface area contributed by atoms with Crippen LogP contribution < -0.4 is 14.4 Å². The number of carboxylic acids is 1. The van der Waals surface area contributed by atoms with E-state index in [1.807, 2.05) is 6.07 Å². The van der Waals surface area contributed by atoms with Crippen molar-refractivity contribution in [3.05, 3.63) is 60.3 Å². The van der Waals surface area contributed by atoms with Crippen molar-refractivity contribution in [1.82, 2.24) is 25.1 Å². The minimum absolute atomic E-state index is 0.0483. The topological polar surface area (TPSA) is 110 Å². The highest BCUT2D eigenvalue weighted by Crippen LogP contribution is 2.45. The minimum atomic E-state index is -5.83. The highest BCUT2D eigenvalue weighted by Gasteiger charge is 2.61. The van der Waals surface area contributed by atoms with Crippen molar-refractivity contribution >= 4 is 5.97 Å². The maximum Gasteiger partial charge on any atom is 0.461 e. The zero-order valence-corrected chi connectivity index (χ0v) is 22.9. The second-order valence-corrected chi connectivity index (χ2v) is 10.2. The first-order valence-electron chi connectivity index (χ1n) is 13.4. The van der Waals surface area contributed by atoms with Gasteiger partial charge in [-0.25, -0.2) is 15.0 Å². The van der Waals surface area contributed by atoms with Crippen LogP contribution in [-0.4, -0.2) is 75.6 Å². The van der Waals surface area contributed by atoms with E-state index in [1.54, 1.807) is 40.6 Å². The van der Waals surface area contributed by atoms with Crippen LogP contribution >= 0.6 is 0 Å². The van der Waals surface area contributed by atoms with Crippen molar-refractivity contribution in [2.75, 3.05) is 33.3 Å². The SMILES string of the molecule is COc1ccc(-c2cnc(C(F)(F)C(F)(F)F)nc2)c(ON2CCN(Oc3cc(C(CC(=O)O)C4CC4)ccn3)CC2)c1. The maximum atomic E-state index is 13.7. The number of carbonyl (C=O) groups is 1. The first-order chi connectivity index (χ1) is 20.4. The monoisotopic (exact) mass is 609 g/mol. The molecule has 2 aromatic heterocycles. The van der Waals surface area contributed by atoms with Gasteiger partial charge in [0, 0.05) is 41.9 Å². The molecule has 15 heteroatoms. The number of alkyl halides is 5. The zero-order chi connectivity index (χ0) is 30.8. The van der Waals surface area contributed by atoms with Crippen LogP contribution in [0.3, 0.4) is 0 Å². The summed E-state index contributed by atoms with van der Waals surface area (Å²) in [5, 5.41) is 12.7. The lowest BCUT2D eigenvalue weighted by Crippen LogP contribution is -2.48. The fourth-order valence-electron chi connectivity index (χ4n) is 4.77.